The van der Waals surface area contributed by atoms with Crippen LogP contribution in [0.15, 0.2) is 57.7 Å². The van der Waals surface area contributed by atoms with Crippen molar-refractivity contribution < 1.29 is 33.3 Å². The number of likely N-dealkylation sites (N-methyl/N-ethyl adjacent to an activating group) is 1. The molecular formula is C49H69Br2N7O7. The quantitative estimate of drug-likeness (QED) is 0.0700. The molecule has 0 fully saturated rings. The topological polar surface area (TPSA) is 150 Å². The van der Waals surface area contributed by atoms with E-state index >= 15 is 0 Å². The van der Waals surface area contributed by atoms with Gasteiger partial charge < -0.3 is 38.6 Å². The highest BCUT2D eigenvalue weighted by Gasteiger charge is 2.25. The summed E-state index contributed by atoms with van der Waals surface area (Å²) in [6.07, 6.45) is 7.15. The number of ether oxygens (including phenoxy) is 4. The number of carbonyl (C=O) groups excluding carboxylic acids is 3. The molecule has 0 saturated heterocycles. The monoisotopic (exact) mass is 1030 g/mol. The minimum absolute atomic E-state index is 0.0106. The SMILES string of the molecule is CCCCOCCNc1c(CC(=O)CN(CC)C(=O)OC(C)(C)C)cnc2cc(Br)ccc12.CCCCOCCn1c(CN(CC)C(=O)OC(C)(C)C)nc2cnc3cc(Br)ccc3c21. The van der Waals surface area contributed by atoms with Gasteiger partial charge in [0, 0.05) is 83.0 Å². The molecular weight excluding hydrogens is 958 g/mol. The van der Waals surface area contributed by atoms with E-state index < -0.39 is 17.3 Å². The summed E-state index contributed by atoms with van der Waals surface area (Å²) in [5, 5.41) is 5.41. The molecule has 0 atom stereocenters. The Bertz CT molecular complexity index is 2340. The fraction of sp³-hybridized carbons (Fsp3) is 0.551. The Balaban J connectivity index is 0.000000285. The van der Waals surface area contributed by atoms with E-state index in [2.05, 4.69) is 71.6 Å². The van der Waals surface area contributed by atoms with E-state index in [9.17, 15) is 14.4 Å². The number of halogens is 2. The lowest BCUT2D eigenvalue weighted by Crippen LogP contribution is -2.40. The number of fused-ring (bicyclic) bond motifs is 4. The molecule has 3 heterocycles. The molecule has 2 aromatic carbocycles. The molecule has 0 bridgehead atoms. The Hall–Kier alpha value is -4.38. The summed E-state index contributed by atoms with van der Waals surface area (Å²) in [7, 11) is 0. The van der Waals surface area contributed by atoms with Gasteiger partial charge in [0.05, 0.1) is 49.1 Å². The van der Waals surface area contributed by atoms with Crippen LogP contribution in [0.4, 0.5) is 15.3 Å². The number of imidazole rings is 1. The molecule has 0 aliphatic carbocycles. The van der Waals surface area contributed by atoms with E-state index in [1.54, 1.807) is 17.3 Å². The molecule has 0 radical (unpaired) electrons. The van der Waals surface area contributed by atoms with Crippen molar-refractivity contribution in [3.8, 4) is 0 Å². The van der Waals surface area contributed by atoms with E-state index in [4.69, 9.17) is 23.9 Å². The predicted octanol–water partition coefficient (Wildman–Crippen LogP) is 11.5. The van der Waals surface area contributed by atoms with Crippen LogP contribution in [-0.4, -0.2) is 111 Å². The average molecular weight is 1030 g/mol. The lowest BCUT2D eigenvalue weighted by atomic mass is 10.0. The van der Waals surface area contributed by atoms with Crippen LogP contribution < -0.4 is 5.32 Å². The number of unbranched alkanes of at least 4 members (excludes halogenated alkanes) is 2. The summed E-state index contributed by atoms with van der Waals surface area (Å²) in [6.45, 7) is 24.3. The lowest BCUT2D eigenvalue weighted by molar-refractivity contribution is -0.119. The van der Waals surface area contributed by atoms with Gasteiger partial charge in [-0.3, -0.25) is 14.8 Å². The van der Waals surface area contributed by atoms with Gasteiger partial charge in [0.15, 0.2) is 5.78 Å². The number of rotatable bonds is 21. The van der Waals surface area contributed by atoms with Gasteiger partial charge in [-0.25, -0.2) is 14.6 Å². The molecule has 2 amide bonds. The number of ketones is 1. The van der Waals surface area contributed by atoms with E-state index in [0.29, 0.717) is 45.9 Å². The Morgan fingerprint density at radius 1 is 0.708 bits per heavy atom. The second-order valence-corrected chi connectivity index (χ2v) is 19.5. The zero-order valence-electron chi connectivity index (χ0n) is 40.0. The number of Topliss-reactive ketones (excluding diaryl/α,β-unsaturated/α-hetero) is 1. The molecule has 0 spiro atoms. The minimum atomic E-state index is -0.611. The first-order valence-electron chi connectivity index (χ1n) is 22.7. The van der Waals surface area contributed by atoms with E-state index in [1.165, 1.54) is 4.90 Å². The molecule has 1 N–H and O–H groups in total. The van der Waals surface area contributed by atoms with Crippen molar-refractivity contribution in [2.24, 2.45) is 0 Å². The summed E-state index contributed by atoms with van der Waals surface area (Å²) >= 11 is 7.02. The van der Waals surface area contributed by atoms with Crippen LogP contribution in [0.5, 0.6) is 0 Å². The van der Waals surface area contributed by atoms with Gasteiger partial charge in [0.2, 0.25) is 0 Å². The molecule has 0 unspecified atom stereocenters. The van der Waals surface area contributed by atoms with Crippen molar-refractivity contribution in [1.82, 2.24) is 29.3 Å². The van der Waals surface area contributed by atoms with Crippen molar-refractivity contribution in [1.29, 1.82) is 0 Å². The highest BCUT2D eigenvalue weighted by molar-refractivity contribution is 9.10. The number of amides is 2. The van der Waals surface area contributed by atoms with Gasteiger partial charge in [0.25, 0.3) is 0 Å². The van der Waals surface area contributed by atoms with E-state index in [1.807, 2.05) is 85.7 Å². The summed E-state index contributed by atoms with van der Waals surface area (Å²) in [4.78, 5) is 55.1. The summed E-state index contributed by atoms with van der Waals surface area (Å²) in [5.74, 6) is 0.715. The van der Waals surface area contributed by atoms with E-state index in [0.717, 1.165) is 97.8 Å². The van der Waals surface area contributed by atoms with Gasteiger partial charge >= 0.3 is 12.2 Å². The molecule has 356 valence electrons. The third kappa shape index (κ3) is 16.8. The van der Waals surface area contributed by atoms with E-state index in [-0.39, 0.29) is 24.8 Å². The highest BCUT2D eigenvalue weighted by Crippen LogP contribution is 2.30. The Morgan fingerprint density at radius 3 is 1.85 bits per heavy atom. The summed E-state index contributed by atoms with van der Waals surface area (Å²) in [6, 6.07) is 12.0. The zero-order chi connectivity index (χ0) is 47.7. The van der Waals surface area contributed by atoms with Crippen molar-refractivity contribution in [3.63, 3.8) is 0 Å². The van der Waals surface area contributed by atoms with Gasteiger partial charge in [-0.05, 0) is 105 Å². The number of anilines is 1. The highest BCUT2D eigenvalue weighted by atomic mass is 79.9. The maximum atomic E-state index is 12.9. The molecule has 16 heteroatoms. The molecule has 0 aliphatic heterocycles. The van der Waals surface area contributed by atoms with Crippen molar-refractivity contribution in [2.75, 3.05) is 57.9 Å². The predicted molar refractivity (Wildman–Crippen MR) is 267 cm³/mol. The normalized spacial score (nSPS) is 11.7. The standard InChI is InChI=1S/C25H36BrN3O4.C24H33BrN4O3/c1-6-8-12-32-13-11-27-23-18(16-28-22-15-19(26)9-10-21(22)23)14-20(30)17-29(7-2)24(31)33-25(3,4)5;1-6-8-12-31-13-11-29-21(16-28(7-2)23(30)32-24(3,4)5)27-20-15-26-19-14-17(25)9-10-18(19)22(20)29/h9-10,15-16H,6-8,11-14,17H2,1-5H3,(H,27,28);9-10,14-15H,6-8,11-13,16H2,1-5H3. The second kappa shape index (κ2) is 25.5. The largest absolute Gasteiger partial charge is 0.444 e. The molecule has 65 heavy (non-hydrogen) atoms. The summed E-state index contributed by atoms with van der Waals surface area (Å²) in [5.41, 5.74) is 4.06. The van der Waals surface area contributed by atoms with Crippen LogP contribution in [-0.2, 0) is 43.3 Å². The fourth-order valence-electron chi connectivity index (χ4n) is 6.76. The minimum Gasteiger partial charge on any atom is -0.444 e. The smallest absolute Gasteiger partial charge is 0.410 e. The van der Waals surface area contributed by atoms with Gasteiger partial charge in [-0.1, -0.05) is 58.5 Å². The van der Waals surface area contributed by atoms with Gasteiger partial charge in [-0.15, -0.1) is 0 Å². The second-order valence-electron chi connectivity index (χ2n) is 17.7. The van der Waals surface area contributed by atoms with Crippen LogP contribution in [0.1, 0.15) is 106 Å². The van der Waals surface area contributed by atoms with Crippen LogP contribution in [0.3, 0.4) is 0 Å². The number of carbonyl (C=O) groups is 3. The van der Waals surface area contributed by atoms with Crippen LogP contribution in [0.25, 0.3) is 32.8 Å². The number of nitrogens with one attached hydrogen (secondary N) is 1. The molecule has 0 aliphatic rings. The Morgan fingerprint density at radius 2 is 1.26 bits per heavy atom. The number of benzene rings is 2. The Kier molecular flexibility index (Phi) is 20.9. The average Bonchev–Trinajstić information content (AvgIpc) is 3.59. The fourth-order valence-corrected chi connectivity index (χ4v) is 7.46. The third-order valence-corrected chi connectivity index (χ3v) is 11.0. The lowest BCUT2D eigenvalue weighted by Gasteiger charge is -2.26. The van der Waals surface area contributed by atoms with Crippen LogP contribution >= 0.6 is 31.9 Å². The number of pyridine rings is 2. The molecule has 14 nitrogen and oxygen atoms in total. The number of hydrogen-bond donors (Lipinski definition) is 1. The van der Waals surface area contributed by atoms with Crippen LogP contribution in [0.2, 0.25) is 0 Å². The molecule has 5 rings (SSSR count). The molecule has 0 saturated carbocycles. The number of hydrogen-bond acceptors (Lipinski definition) is 11. The van der Waals surface area contributed by atoms with Crippen molar-refractivity contribution >= 4 is 88.4 Å². The first kappa shape index (κ1) is 53.2. The number of aromatic nitrogens is 4. The maximum absolute atomic E-state index is 12.9. The third-order valence-electron chi connectivity index (χ3n) is 9.97. The maximum Gasteiger partial charge on any atom is 0.410 e. The van der Waals surface area contributed by atoms with Gasteiger partial charge in [0.1, 0.15) is 22.5 Å². The first-order valence-corrected chi connectivity index (χ1v) is 24.3. The van der Waals surface area contributed by atoms with Crippen molar-refractivity contribution in [3.05, 3.63) is 69.1 Å². The number of nitrogens with zero attached hydrogens (tertiary/aromatic N) is 6. The first-order chi connectivity index (χ1) is 30.9. The molecule has 5 aromatic rings. The summed E-state index contributed by atoms with van der Waals surface area (Å²) < 4.78 is 26.6. The van der Waals surface area contributed by atoms with Crippen LogP contribution in [0, 0.1) is 0 Å². The van der Waals surface area contributed by atoms with Crippen molar-refractivity contribution in [2.45, 2.75) is 126 Å². The zero-order valence-corrected chi connectivity index (χ0v) is 43.2. The molecule has 3 aromatic heterocycles. The Labute approximate surface area is 401 Å². The van der Waals surface area contributed by atoms with Gasteiger partial charge in [-0.2, -0.15) is 0 Å².